The number of benzene rings is 2. The minimum atomic E-state index is -0.155. The molecule has 2 heterocycles. The molecule has 2 aromatic carbocycles. The average Bonchev–Trinajstić information content (AvgIpc) is 3.13. The first-order valence-electron chi connectivity index (χ1n) is 11.5. The van der Waals surface area contributed by atoms with Crippen molar-refractivity contribution in [1.29, 1.82) is 0 Å². The zero-order chi connectivity index (χ0) is 24.9. The van der Waals surface area contributed by atoms with Crippen LogP contribution in [0.4, 0.5) is 5.69 Å². The first kappa shape index (κ1) is 25.2. The fraction of sp³-hybridized carbons (Fsp3) is 0.346. The lowest BCUT2D eigenvalue weighted by Gasteiger charge is -2.26. The van der Waals surface area contributed by atoms with Gasteiger partial charge in [-0.05, 0) is 67.8 Å². The Morgan fingerprint density at radius 1 is 1.09 bits per heavy atom. The van der Waals surface area contributed by atoms with Crippen LogP contribution in [0, 0.1) is 13.8 Å². The number of thiocarbonyl (C=S) groups is 1. The molecule has 0 radical (unpaired) electrons. The van der Waals surface area contributed by atoms with Gasteiger partial charge in [0.2, 0.25) is 0 Å². The van der Waals surface area contributed by atoms with Crippen molar-refractivity contribution in [1.82, 2.24) is 4.90 Å². The van der Waals surface area contributed by atoms with E-state index in [4.69, 9.17) is 26.4 Å². The van der Waals surface area contributed by atoms with Crippen molar-refractivity contribution in [3.05, 3.63) is 58.0 Å². The van der Waals surface area contributed by atoms with Gasteiger partial charge in [0.1, 0.15) is 0 Å². The summed E-state index contributed by atoms with van der Waals surface area (Å²) in [5.41, 5.74) is 3.81. The molecule has 35 heavy (non-hydrogen) atoms. The summed E-state index contributed by atoms with van der Waals surface area (Å²) in [4.78, 5) is 29.4. The van der Waals surface area contributed by atoms with Crippen LogP contribution in [0.1, 0.15) is 23.6 Å². The molecule has 2 aliphatic rings. The largest absolute Gasteiger partial charge is 0.490 e. The van der Waals surface area contributed by atoms with Crippen LogP contribution in [0.15, 0.2) is 41.3 Å². The molecule has 0 bridgehead atoms. The van der Waals surface area contributed by atoms with E-state index in [2.05, 4.69) is 0 Å². The number of amides is 2. The number of carbonyl (C=O) groups excluding carboxylic acids is 2. The fourth-order valence-electron chi connectivity index (χ4n) is 3.75. The van der Waals surface area contributed by atoms with E-state index in [1.807, 2.05) is 45.0 Å². The predicted molar refractivity (Wildman–Crippen MR) is 142 cm³/mol. The zero-order valence-electron chi connectivity index (χ0n) is 20.0. The van der Waals surface area contributed by atoms with Crippen LogP contribution in [0.2, 0.25) is 0 Å². The minimum Gasteiger partial charge on any atom is -0.490 e. The molecule has 2 aliphatic heterocycles. The Morgan fingerprint density at radius 2 is 1.86 bits per heavy atom. The van der Waals surface area contributed by atoms with Crippen LogP contribution in [0.3, 0.4) is 0 Å². The number of hydrogen-bond acceptors (Lipinski definition) is 7. The van der Waals surface area contributed by atoms with Gasteiger partial charge in [-0.15, -0.1) is 0 Å². The highest BCUT2D eigenvalue weighted by molar-refractivity contribution is 8.27. The summed E-state index contributed by atoms with van der Waals surface area (Å²) in [6.07, 6.45) is 1.80. The van der Waals surface area contributed by atoms with Crippen LogP contribution < -0.4 is 14.4 Å². The number of hydrogen-bond donors (Lipinski definition) is 0. The average molecular weight is 513 g/mol. The van der Waals surface area contributed by atoms with Crippen LogP contribution in [-0.4, -0.2) is 60.6 Å². The molecule has 0 saturated carbocycles. The highest BCUT2D eigenvalue weighted by Crippen LogP contribution is 2.37. The van der Waals surface area contributed by atoms with Gasteiger partial charge in [0.05, 0.1) is 30.4 Å². The second-order valence-electron chi connectivity index (χ2n) is 8.21. The second-order valence-corrected chi connectivity index (χ2v) is 9.88. The fourth-order valence-corrected chi connectivity index (χ4v) is 5.05. The number of ether oxygens (including phenoxy) is 3. The molecule has 2 fully saturated rings. The third-order valence-electron chi connectivity index (χ3n) is 5.82. The van der Waals surface area contributed by atoms with E-state index >= 15 is 0 Å². The Morgan fingerprint density at radius 3 is 2.57 bits per heavy atom. The molecule has 2 saturated heterocycles. The summed E-state index contributed by atoms with van der Waals surface area (Å²) >= 11 is 6.78. The smallest absolute Gasteiger partial charge is 0.270 e. The van der Waals surface area contributed by atoms with Crippen molar-refractivity contribution in [2.75, 3.05) is 44.4 Å². The summed E-state index contributed by atoms with van der Waals surface area (Å²) in [6, 6.07) is 11.3. The summed E-state index contributed by atoms with van der Waals surface area (Å²) in [6.45, 7) is 8.51. The molecular formula is C26H28N2O5S2. The van der Waals surface area contributed by atoms with E-state index < -0.39 is 0 Å². The molecule has 0 atom stereocenters. The van der Waals surface area contributed by atoms with Gasteiger partial charge < -0.3 is 19.1 Å². The molecule has 7 nitrogen and oxygen atoms in total. The molecule has 0 N–H and O–H groups in total. The number of morpholine rings is 1. The van der Waals surface area contributed by atoms with E-state index in [9.17, 15) is 9.59 Å². The number of carbonyl (C=O) groups is 2. The van der Waals surface area contributed by atoms with Crippen LogP contribution in [0.5, 0.6) is 11.5 Å². The van der Waals surface area contributed by atoms with Gasteiger partial charge in [-0.2, -0.15) is 0 Å². The standard InChI is InChI=1S/C26H28N2O5S2/c1-4-32-22-14-19(6-8-21(22)33-16-24(29)27-9-11-31-12-10-27)15-23-25(30)28(26(34)35-23)20-7-5-17(2)18(3)13-20/h5-8,13-15H,4,9-12,16H2,1-3H3/b23-15-. The van der Waals surface area contributed by atoms with Crippen LogP contribution in [0.25, 0.3) is 6.08 Å². The maximum absolute atomic E-state index is 13.2. The first-order valence-corrected chi connectivity index (χ1v) is 12.7. The highest BCUT2D eigenvalue weighted by atomic mass is 32.2. The van der Waals surface area contributed by atoms with Gasteiger partial charge in [-0.25, -0.2) is 0 Å². The van der Waals surface area contributed by atoms with E-state index in [-0.39, 0.29) is 18.4 Å². The van der Waals surface area contributed by atoms with Crippen molar-refractivity contribution >= 4 is 51.9 Å². The number of aryl methyl sites for hydroxylation is 2. The van der Waals surface area contributed by atoms with Crippen molar-refractivity contribution in [2.45, 2.75) is 20.8 Å². The van der Waals surface area contributed by atoms with Crippen LogP contribution >= 0.6 is 24.0 Å². The highest BCUT2D eigenvalue weighted by Gasteiger charge is 2.33. The number of nitrogens with zero attached hydrogens (tertiary/aromatic N) is 2. The Balaban J connectivity index is 1.50. The zero-order valence-corrected chi connectivity index (χ0v) is 21.7. The Bertz CT molecular complexity index is 1170. The maximum Gasteiger partial charge on any atom is 0.270 e. The molecule has 0 spiro atoms. The molecule has 9 heteroatoms. The lowest BCUT2D eigenvalue weighted by atomic mass is 10.1. The number of rotatable bonds is 7. The lowest BCUT2D eigenvalue weighted by molar-refractivity contribution is -0.137. The van der Waals surface area contributed by atoms with Gasteiger partial charge in [0.25, 0.3) is 11.8 Å². The van der Waals surface area contributed by atoms with E-state index in [1.165, 1.54) is 11.8 Å². The molecular weight excluding hydrogens is 484 g/mol. The molecule has 0 aromatic heterocycles. The van der Waals surface area contributed by atoms with E-state index in [0.29, 0.717) is 53.6 Å². The second kappa shape index (κ2) is 11.2. The van der Waals surface area contributed by atoms with Crippen molar-refractivity contribution < 1.29 is 23.8 Å². The summed E-state index contributed by atoms with van der Waals surface area (Å²) in [5, 5.41) is 0. The van der Waals surface area contributed by atoms with Crippen molar-refractivity contribution in [2.24, 2.45) is 0 Å². The topological polar surface area (TPSA) is 68.3 Å². The molecule has 2 amide bonds. The SMILES string of the molecule is CCOc1cc(/C=C2\SC(=S)N(c3ccc(C)c(C)c3)C2=O)ccc1OCC(=O)N1CCOCC1. The summed E-state index contributed by atoms with van der Waals surface area (Å²) in [7, 11) is 0. The first-order chi connectivity index (χ1) is 16.9. The molecule has 184 valence electrons. The Labute approximate surface area is 215 Å². The lowest BCUT2D eigenvalue weighted by Crippen LogP contribution is -2.43. The monoisotopic (exact) mass is 512 g/mol. The molecule has 0 unspecified atom stereocenters. The summed E-state index contributed by atoms with van der Waals surface area (Å²) in [5.74, 6) is 0.751. The van der Waals surface area contributed by atoms with Crippen molar-refractivity contribution in [3.63, 3.8) is 0 Å². The van der Waals surface area contributed by atoms with Gasteiger partial charge in [0.15, 0.2) is 22.4 Å². The van der Waals surface area contributed by atoms with Gasteiger partial charge >= 0.3 is 0 Å². The molecule has 2 aromatic rings. The van der Waals surface area contributed by atoms with Gasteiger partial charge in [-0.1, -0.05) is 36.1 Å². The normalized spacial score (nSPS) is 17.3. The summed E-state index contributed by atoms with van der Waals surface area (Å²) < 4.78 is 17.3. The predicted octanol–water partition coefficient (Wildman–Crippen LogP) is 4.35. The number of thioether (sulfide) groups is 1. The molecule has 0 aliphatic carbocycles. The van der Waals surface area contributed by atoms with E-state index in [0.717, 1.165) is 22.4 Å². The maximum atomic E-state index is 13.2. The van der Waals surface area contributed by atoms with Gasteiger partial charge in [-0.3, -0.25) is 14.5 Å². The van der Waals surface area contributed by atoms with Crippen molar-refractivity contribution in [3.8, 4) is 11.5 Å². The quantitative estimate of drug-likeness (QED) is 0.404. The Hall–Kier alpha value is -2.88. The third-order valence-corrected chi connectivity index (χ3v) is 7.12. The Kier molecular flexibility index (Phi) is 8.10. The van der Waals surface area contributed by atoms with Gasteiger partial charge in [0, 0.05) is 13.1 Å². The minimum absolute atomic E-state index is 0.0754. The van der Waals surface area contributed by atoms with E-state index in [1.54, 1.807) is 28.0 Å². The number of anilines is 1. The molecule has 4 rings (SSSR count). The third kappa shape index (κ3) is 5.86. The van der Waals surface area contributed by atoms with Crippen LogP contribution in [-0.2, 0) is 14.3 Å².